The molecule has 0 spiro atoms. The van der Waals surface area contributed by atoms with E-state index < -0.39 is 0 Å². The van der Waals surface area contributed by atoms with Crippen molar-refractivity contribution in [1.29, 1.82) is 5.26 Å². The highest BCUT2D eigenvalue weighted by Crippen LogP contribution is 2.36. The van der Waals surface area contributed by atoms with Crippen molar-refractivity contribution in [2.45, 2.75) is 33.6 Å². The third-order valence-electron chi connectivity index (χ3n) is 2.74. The molecule has 98 valence electrons. The predicted molar refractivity (Wildman–Crippen MR) is 72.9 cm³/mol. The normalized spacial score (nSPS) is 18.2. The van der Waals surface area contributed by atoms with Crippen LogP contribution < -0.4 is 5.32 Å². The van der Waals surface area contributed by atoms with Gasteiger partial charge in [0, 0.05) is 10.6 Å². The van der Waals surface area contributed by atoms with E-state index in [9.17, 15) is 4.79 Å². The van der Waals surface area contributed by atoms with Crippen molar-refractivity contribution < 1.29 is 9.53 Å². The standard InChI is InChI=1S/C13H18N2O2S/c1-4-17-12(16)8-15-10-5-13(2,3)6-11(18)9(10)7-14/h15H,4-6,8H2,1-3H3. The molecule has 0 aromatic carbocycles. The summed E-state index contributed by atoms with van der Waals surface area (Å²) in [5, 5.41) is 12.1. The van der Waals surface area contributed by atoms with Crippen molar-refractivity contribution in [1.82, 2.24) is 5.32 Å². The number of allylic oxidation sites excluding steroid dienone is 2. The Morgan fingerprint density at radius 2 is 2.22 bits per heavy atom. The number of thiocarbonyl (C=S) groups is 1. The van der Waals surface area contributed by atoms with Crippen LogP contribution in [-0.2, 0) is 9.53 Å². The number of hydrogen-bond donors (Lipinski definition) is 1. The lowest BCUT2D eigenvalue weighted by molar-refractivity contribution is -0.141. The van der Waals surface area contributed by atoms with Crippen LogP contribution in [0.1, 0.15) is 33.6 Å². The van der Waals surface area contributed by atoms with E-state index in [1.165, 1.54) is 0 Å². The zero-order valence-electron chi connectivity index (χ0n) is 11.0. The lowest BCUT2D eigenvalue weighted by atomic mass is 9.76. The third-order valence-corrected chi connectivity index (χ3v) is 3.09. The van der Waals surface area contributed by atoms with Crippen molar-refractivity contribution in [3.05, 3.63) is 11.3 Å². The molecule has 1 aliphatic rings. The van der Waals surface area contributed by atoms with E-state index in [1.54, 1.807) is 6.92 Å². The van der Waals surface area contributed by atoms with E-state index in [-0.39, 0.29) is 17.9 Å². The summed E-state index contributed by atoms with van der Waals surface area (Å²) < 4.78 is 4.84. The van der Waals surface area contributed by atoms with Gasteiger partial charge in [-0.15, -0.1) is 0 Å². The number of nitrogens with one attached hydrogen (secondary N) is 1. The molecule has 0 unspecified atom stereocenters. The van der Waals surface area contributed by atoms with Crippen molar-refractivity contribution in [3.8, 4) is 6.07 Å². The smallest absolute Gasteiger partial charge is 0.325 e. The van der Waals surface area contributed by atoms with Crippen molar-refractivity contribution in [2.75, 3.05) is 13.2 Å². The SMILES string of the molecule is CCOC(=O)CNC1=C(C#N)C(=S)CC(C)(C)C1. The number of carbonyl (C=O) groups excluding carboxylic acids is 1. The van der Waals surface area contributed by atoms with Crippen LogP contribution in [0.5, 0.6) is 0 Å². The van der Waals surface area contributed by atoms with Gasteiger partial charge in [0.05, 0.1) is 12.2 Å². The van der Waals surface area contributed by atoms with Gasteiger partial charge in [0.2, 0.25) is 0 Å². The van der Waals surface area contributed by atoms with E-state index >= 15 is 0 Å². The molecule has 0 aliphatic heterocycles. The summed E-state index contributed by atoms with van der Waals surface area (Å²) in [5.74, 6) is -0.323. The first-order valence-electron chi connectivity index (χ1n) is 5.95. The Kier molecular flexibility index (Phi) is 4.85. The zero-order valence-corrected chi connectivity index (χ0v) is 11.8. The number of carbonyl (C=O) groups is 1. The molecular formula is C13H18N2O2S. The Balaban J connectivity index is 2.79. The summed E-state index contributed by atoms with van der Waals surface area (Å²) in [4.78, 5) is 12.0. The highest BCUT2D eigenvalue weighted by atomic mass is 32.1. The molecule has 0 saturated heterocycles. The number of rotatable bonds is 4. The van der Waals surface area contributed by atoms with Crippen LogP contribution in [0.3, 0.4) is 0 Å². The lowest BCUT2D eigenvalue weighted by Gasteiger charge is -2.32. The van der Waals surface area contributed by atoms with Gasteiger partial charge in [0.1, 0.15) is 12.6 Å². The van der Waals surface area contributed by atoms with Crippen LogP contribution in [0.4, 0.5) is 0 Å². The molecule has 4 nitrogen and oxygen atoms in total. The zero-order chi connectivity index (χ0) is 13.8. The van der Waals surface area contributed by atoms with E-state index in [0.717, 1.165) is 18.5 Å². The first-order chi connectivity index (χ1) is 8.39. The van der Waals surface area contributed by atoms with Crippen LogP contribution in [0.2, 0.25) is 0 Å². The average Bonchev–Trinajstić information content (AvgIpc) is 2.25. The largest absolute Gasteiger partial charge is 0.465 e. The highest BCUT2D eigenvalue weighted by molar-refractivity contribution is 7.80. The molecule has 0 amide bonds. The summed E-state index contributed by atoms with van der Waals surface area (Å²) in [7, 11) is 0. The van der Waals surface area contributed by atoms with Gasteiger partial charge in [0.15, 0.2) is 0 Å². The molecule has 0 fully saturated rings. The Hall–Kier alpha value is -1.41. The molecule has 0 bridgehead atoms. The molecule has 0 aromatic rings. The number of hydrogen-bond acceptors (Lipinski definition) is 5. The summed E-state index contributed by atoms with van der Waals surface area (Å²) in [6.07, 6.45) is 1.45. The van der Waals surface area contributed by atoms with Crippen LogP contribution in [0.15, 0.2) is 11.3 Å². The van der Waals surface area contributed by atoms with E-state index in [0.29, 0.717) is 17.0 Å². The molecule has 1 rings (SSSR count). The maximum atomic E-state index is 11.3. The van der Waals surface area contributed by atoms with E-state index in [4.69, 9.17) is 22.2 Å². The molecular weight excluding hydrogens is 248 g/mol. The van der Waals surface area contributed by atoms with Gasteiger partial charge < -0.3 is 10.1 Å². The van der Waals surface area contributed by atoms with Gasteiger partial charge in [-0.3, -0.25) is 4.79 Å². The number of esters is 1. The lowest BCUT2D eigenvalue weighted by Crippen LogP contribution is -2.33. The molecule has 0 saturated carbocycles. The minimum absolute atomic E-state index is 0.0222. The van der Waals surface area contributed by atoms with Crippen molar-refractivity contribution in [3.63, 3.8) is 0 Å². The Bertz CT molecular complexity index is 433. The van der Waals surface area contributed by atoms with Gasteiger partial charge in [-0.2, -0.15) is 5.26 Å². The maximum Gasteiger partial charge on any atom is 0.325 e. The van der Waals surface area contributed by atoms with Crippen molar-refractivity contribution >= 4 is 23.1 Å². The van der Waals surface area contributed by atoms with Gasteiger partial charge in [-0.1, -0.05) is 26.1 Å². The van der Waals surface area contributed by atoms with Crippen LogP contribution in [0, 0.1) is 16.7 Å². The quantitative estimate of drug-likeness (QED) is 0.623. The summed E-state index contributed by atoms with van der Waals surface area (Å²) in [5.41, 5.74) is 1.29. The van der Waals surface area contributed by atoms with Crippen LogP contribution in [0.25, 0.3) is 0 Å². The Morgan fingerprint density at radius 1 is 1.56 bits per heavy atom. The van der Waals surface area contributed by atoms with E-state index in [1.807, 2.05) is 0 Å². The maximum absolute atomic E-state index is 11.3. The van der Waals surface area contributed by atoms with Gasteiger partial charge in [-0.05, 0) is 25.2 Å². The minimum Gasteiger partial charge on any atom is -0.465 e. The minimum atomic E-state index is -0.323. The Labute approximate surface area is 113 Å². The molecule has 18 heavy (non-hydrogen) atoms. The van der Waals surface area contributed by atoms with Gasteiger partial charge in [0.25, 0.3) is 0 Å². The summed E-state index contributed by atoms with van der Waals surface area (Å²) >= 11 is 5.25. The summed E-state index contributed by atoms with van der Waals surface area (Å²) in [6, 6.07) is 2.12. The predicted octanol–water partition coefficient (Wildman–Crippen LogP) is 2.11. The molecule has 0 heterocycles. The number of nitrogens with zero attached hydrogens (tertiary/aromatic N) is 1. The topological polar surface area (TPSA) is 62.1 Å². The second kappa shape index (κ2) is 5.96. The van der Waals surface area contributed by atoms with Gasteiger partial charge in [-0.25, -0.2) is 0 Å². The number of nitriles is 1. The van der Waals surface area contributed by atoms with E-state index in [2.05, 4.69) is 25.2 Å². The fraction of sp³-hybridized carbons (Fsp3) is 0.615. The molecule has 0 radical (unpaired) electrons. The fourth-order valence-electron chi connectivity index (χ4n) is 1.99. The van der Waals surface area contributed by atoms with Crippen LogP contribution >= 0.6 is 12.2 Å². The fourth-order valence-corrected chi connectivity index (χ4v) is 2.55. The monoisotopic (exact) mass is 266 g/mol. The van der Waals surface area contributed by atoms with Crippen molar-refractivity contribution in [2.24, 2.45) is 5.41 Å². The first kappa shape index (κ1) is 14.7. The third kappa shape index (κ3) is 3.81. The Morgan fingerprint density at radius 3 is 2.78 bits per heavy atom. The second-order valence-corrected chi connectivity index (χ2v) is 5.56. The number of ether oxygens (including phenoxy) is 1. The molecule has 0 aromatic heterocycles. The first-order valence-corrected chi connectivity index (χ1v) is 6.36. The second-order valence-electron chi connectivity index (χ2n) is 5.06. The molecule has 5 heteroatoms. The molecule has 1 aliphatic carbocycles. The molecule has 0 atom stereocenters. The average molecular weight is 266 g/mol. The summed E-state index contributed by atoms with van der Waals surface area (Å²) in [6.45, 7) is 6.39. The molecule has 1 N–H and O–H groups in total. The highest BCUT2D eigenvalue weighted by Gasteiger charge is 2.30. The van der Waals surface area contributed by atoms with Crippen LogP contribution in [-0.4, -0.2) is 24.0 Å². The van der Waals surface area contributed by atoms with Gasteiger partial charge >= 0.3 is 5.97 Å².